The molecule has 1 aliphatic rings. The lowest BCUT2D eigenvalue weighted by Gasteiger charge is -2.36. The van der Waals surface area contributed by atoms with Gasteiger partial charge in [-0.15, -0.1) is 11.3 Å². The van der Waals surface area contributed by atoms with Gasteiger partial charge in [0.25, 0.3) is 5.91 Å². The van der Waals surface area contributed by atoms with E-state index < -0.39 is 0 Å². The molecule has 0 saturated carbocycles. The van der Waals surface area contributed by atoms with Crippen molar-refractivity contribution in [3.63, 3.8) is 0 Å². The topological polar surface area (TPSA) is 47.6 Å². The van der Waals surface area contributed by atoms with Gasteiger partial charge in [-0.3, -0.25) is 10.1 Å². The predicted octanol–water partition coefficient (Wildman–Crippen LogP) is 6.13. The molecule has 10 heteroatoms. The Morgan fingerprint density at radius 1 is 1.09 bits per heavy atom. The molecule has 3 aromatic rings. The van der Waals surface area contributed by atoms with E-state index in [1.54, 1.807) is 18.2 Å². The Labute approximate surface area is 211 Å². The number of nitrogens with zero attached hydrogens (tertiary/aromatic N) is 2. The van der Waals surface area contributed by atoms with Gasteiger partial charge in [-0.25, -0.2) is 0 Å². The number of hydrogen-bond donors (Lipinski definition) is 2. The zero-order valence-electron chi connectivity index (χ0n) is 17.3. The summed E-state index contributed by atoms with van der Waals surface area (Å²) in [5.74, 6) is -0.374. The molecule has 1 aromatic heterocycles. The first kappa shape index (κ1) is 23.5. The fraction of sp³-hybridized carbons (Fsp3) is 0.273. The first-order chi connectivity index (χ1) is 15.4. The SMILES string of the molecule is CCN1CCN(c2ccc(NC(=S)NC(=O)c3sc4cc(Cl)ccc4c3Cl)cc2Cl)CC1. The van der Waals surface area contributed by atoms with Crippen LogP contribution in [0.5, 0.6) is 0 Å². The van der Waals surface area contributed by atoms with Crippen LogP contribution in [0, 0.1) is 0 Å². The highest BCUT2D eigenvalue weighted by Gasteiger charge is 2.20. The minimum absolute atomic E-state index is 0.168. The molecule has 0 aliphatic carbocycles. The minimum atomic E-state index is -0.374. The van der Waals surface area contributed by atoms with Gasteiger partial charge in [0.05, 0.1) is 15.7 Å². The number of fused-ring (bicyclic) bond motifs is 1. The van der Waals surface area contributed by atoms with Crippen LogP contribution in [-0.4, -0.2) is 48.6 Å². The van der Waals surface area contributed by atoms with E-state index in [2.05, 4.69) is 27.4 Å². The summed E-state index contributed by atoms with van der Waals surface area (Å²) in [7, 11) is 0. The molecule has 5 nitrogen and oxygen atoms in total. The van der Waals surface area contributed by atoms with Crippen molar-refractivity contribution >= 4 is 90.8 Å². The number of thiophene rings is 1. The molecule has 1 saturated heterocycles. The van der Waals surface area contributed by atoms with Gasteiger partial charge in [0.2, 0.25) is 0 Å². The number of thiocarbonyl (C=S) groups is 1. The molecule has 2 heterocycles. The Kier molecular flexibility index (Phi) is 7.44. The van der Waals surface area contributed by atoms with E-state index in [9.17, 15) is 4.79 Å². The molecule has 0 atom stereocenters. The van der Waals surface area contributed by atoms with E-state index in [4.69, 9.17) is 47.0 Å². The predicted molar refractivity (Wildman–Crippen MR) is 141 cm³/mol. The van der Waals surface area contributed by atoms with Crippen molar-refractivity contribution in [2.24, 2.45) is 0 Å². The highest BCUT2D eigenvalue weighted by atomic mass is 35.5. The number of halogens is 3. The number of benzene rings is 2. The molecular formula is C22H21Cl3N4OS2. The Bertz CT molecular complexity index is 1180. The summed E-state index contributed by atoms with van der Waals surface area (Å²) in [6.45, 7) is 7.17. The maximum absolute atomic E-state index is 12.7. The normalized spacial score (nSPS) is 14.6. The fourth-order valence-electron chi connectivity index (χ4n) is 3.65. The van der Waals surface area contributed by atoms with Crippen molar-refractivity contribution < 1.29 is 4.79 Å². The van der Waals surface area contributed by atoms with Gasteiger partial charge < -0.3 is 15.1 Å². The van der Waals surface area contributed by atoms with Crippen LogP contribution in [0.2, 0.25) is 15.1 Å². The number of likely N-dealkylation sites (N-methyl/N-ethyl adjacent to an activating group) is 1. The molecule has 168 valence electrons. The van der Waals surface area contributed by atoms with Gasteiger partial charge in [0.15, 0.2) is 5.11 Å². The van der Waals surface area contributed by atoms with Crippen molar-refractivity contribution in [3.05, 3.63) is 56.3 Å². The van der Waals surface area contributed by atoms with Gasteiger partial charge in [-0.05, 0) is 49.1 Å². The van der Waals surface area contributed by atoms with E-state index in [0.29, 0.717) is 25.6 Å². The molecule has 32 heavy (non-hydrogen) atoms. The lowest BCUT2D eigenvalue weighted by Crippen LogP contribution is -2.46. The van der Waals surface area contributed by atoms with Crippen LogP contribution in [-0.2, 0) is 0 Å². The average Bonchev–Trinajstić information content (AvgIpc) is 3.09. The van der Waals surface area contributed by atoms with Gasteiger partial charge in [-0.2, -0.15) is 0 Å². The quantitative estimate of drug-likeness (QED) is 0.400. The third-order valence-electron chi connectivity index (χ3n) is 5.39. The highest BCUT2D eigenvalue weighted by molar-refractivity contribution is 7.80. The number of rotatable bonds is 4. The highest BCUT2D eigenvalue weighted by Crippen LogP contribution is 2.36. The summed E-state index contributed by atoms with van der Waals surface area (Å²) in [6.07, 6.45) is 0. The van der Waals surface area contributed by atoms with Crippen LogP contribution in [0.25, 0.3) is 10.1 Å². The van der Waals surface area contributed by atoms with Crippen molar-refractivity contribution in [2.75, 3.05) is 42.9 Å². The molecule has 0 unspecified atom stereocenters. The minimum Gasteiger partial charge on any atom is -0.368 e. The van der Waals surface area contributed by atoms with Gasteiger partial charge in [-0.1, -0.05) is 47.8 Å². The second-order valence-corrected chi connectivity index (χ2v) is 10.1. The van der Waals surface area contributed by atoms with Crippen molar-refractivity contribution in [3.8, 4) is 0 Å². The van der Waals surface area contributed by atoms with Crippen LogP contribution in [0.1, 0.15) is 16.6 Å². The summed E-state index contributed by atoms with van der Waals surface area (Å²) >= 11 is 25.6. The second-order valence-electron chi connectivity index (χ2n) is 7.38. The van der Waals surface area contributed by atoms with Crippen LogP contribution in [0.15, 0.2) is 36.4 Å². The maximum atomic E-state index is 12.7. The molecule has 1 fully saturated rings. The number of nitrogens with one attached hydrogen (secondary N) is 2. The molecule has 4 rings (SSSR count). The van der Waals surface area contributed by atoms with Crippen LogP contribution < -0.4 is 15.5 Å². The third-order valence-corrected chi connectivity index (χ3v) is 7.79. The molecule has 0 spiro atoms. The molecular weight excluding hydrogens is 507 g/mol. The van der Waals surface area contributed by atoms with Gasteiger partial charge in [0.1, 0.15) is 4.88 Å². The number of hydrogen-bond acceptors (Lipinski definition) is 5. The molecule has 0 bridgehead atoms. The summed E-state index contributed by atoms with van der Waals surface area (Å²) in [5, 5.41) is 8.27. The molecule has 0 radical (unpaired) electrons. The van der Waals surface area contributed by atoms with Crippen molar-refractivity contribution in [1.29, 1.82) is 0 Å². The first-order valence-electron chi connectivity index (χ1n) is 10.1. The lowest BCUT2D eigenvalue weighted by atomic mass is 10.2. The average molecular weight is 528 g/mol. The molecule has 1 amide bonds. The number of carbonyl (C=O) groups is 1. The lowest BCUT2D eigenvalue weighted by molar-refractivity contribution is 0.0982. The molecule has 2 aromatic carbocycles. The Morgan fingerprint density at radius 3 is 2.53 bits per heavy atom. The van der Waals surface area contributed by atoms with E-state index in [1.807, 2.05) is 18.2 Å². The largest absolute Gasteiger partial charge is 0.368 e. The van der Waals surface area contributed by atoms with Crippen LogP contribution in [0.3, 0.4) is 0 Å². The van der Waals surface area contributed by atoms with E-state index >= 15 is 0 Å². The summed E-state index contributed by atoms with van der Waals surface area (Å²) < 4.78 is 0.841. The Balaban J connectivity index is 1.40. The summed E-state index contributed by atoms with van der Waals surface area (Å²) in [4.78, 5) is 17.8. The maximum Gasteiger partial charge on any atom is 0.269 e. The number of amides is 1. The fourth-order valence-corrected chi connectivity index (χ4v) is 5.85. The van der Waals surface area contributed by atoms with Crippen molar-refractivity contribution in [2.45, 2.75) is 6.92 Å². The van der Waals surface area contributed by atoms with Crippen molar-refractivity contribution in [1.82, 2.24) is 10.2 Å². The zero-order valence-corrected chi connectivity index (χ0v) is 21.2. The molecule has 2 N–H and O–H groups in total. The Hall–Kier alpha value is -1.61. The van der Waals surface area contributed by atoms with Gasteiger partial charge in [0, 0.05) is 47.0 Å². The monoisotopic (exact) mass is 526 g/mol. The third kappa shape index (κ3) is 5.14. The van der Waals surface area contributed by atoms with Crippen LogP contribution in [0.4, 0.5) is 11.4 Å². The zero-order chi connectivity index (χ0) is 22.8. The first-order valence-corrected chi connectivity index (χ1v) is 12.5. The molecule has 1 aliphatic heterocycles. The second kappa shape index (κ2) is 10.1. The number of anilines is 2. The van der Waals surface area contributed by atoms with E-state index in [1.165, 1.54) is 11.3 Å². The smallest absolute Gasteiger partial charge is 0.269 e. The van der Waals surface area contributed by atoms with Gasteiger partial charge >= 0.3 is 0 Å². The summed E-state index contributed by atoms with van der Waals surface area (Å²) in [5.41, 5.74) is 1.70. The van der Waals surface area contributed by atoms with Crippen LogP contribution >= 0.6 is 58.4 Å². The summed E-state index contributed by atoms with van der Waals surface area (Å²) in [6, 6.07) is 11.0. The Morgan fingerprint density at radius 2 is 1.84 bits per heavy atom. The number of piperazine rings is 1. The van der Waals surface area contributed by atoms with E-state index in [-0.39, 0.29) is 11.0 Å². The standard InChI is InChI=1S/C22H21Cl3N4OS2/c1-2-28-7-9-29(10-8-28)17-6-4-14(12-16(17)24)26-22(31)27-21(30)20-19(25)15-5-3-13(23)11-18(15)32-20/h3-6,11-12H,2,7-10H2,1H3,(H2,26,27,30,31). The number of carbonyl (C=O) groups excluding carboxylic acids is 1. The van der Waals surface area contributed by atoms with E-state index in [0.717, 1.165) is 48.5 Å².